The van der Waals surface area contributed by atoms with Gasteiger partial charge in [0.25, 0.3) is 0 Å². The molecule has 2 rings (SSSR count). The Morgan fingerprint density at radius 3 is 2.63 bits per heavy atom. The zero-order valence-corrected chi connectivity index (χ0v) is 12.8. The molecule has 19 heavy (non-hydrogen) atoms. The highest BCUT2D eigenvalue weighted by Crippen LogP contribution is 2.27. The van der Waals surface area contributed by atoms with Gasteiger partial charge < -0.3 is 5.32 Å². The molecule has 2 N–H and O–H groups in total. The lowest BCUT2D eigenvalue weighted by Gasteiger charge is -2.16. The Kier molecular flexibility index (Phi) is 4.61. The minimum atomic E-state index is -3.46. The predicted molar refractivity (Wildman–Crippen MR) is 79.5 cm³/mol. The Morgan fingerprint density at radius 2 is 2.05 bits per heavy atom. The molecule has 0 amide bonds. The van der Waals surface area contributed by atoms with Crippen LogP contribution in [-0.4, -0.2) is 26.3 Å². The maximum absolute atomic E-state index is 12.1. The first-order valence-corrected chi connectivity index (χ1v) is 8.39. The van der Waals surface area contributed by atoms with Crippen LogP contribution in [0.1, 0.15) is 19.8 Å². The number of benzene rings is 1. The summed E-state index contributed by atoms with van der Waals surface area (Å²) in [6.07, 6.45) is 2.26. The number of halogens is 2. The Balaban J connectivity index is 2.02. The van der Waals surface area contributed by atoms with E-state index in [0.717, 1.165) is 12.8 Å². The third-order valence-electron chi connectivity index (χ3n) is 2.98. The summed E-state index contributed by atoms with van der Waals surface area (Å²) >= 11 is 11.7. The topological polar surface area (TPSA) is 58.2 Å². The molecule has 0 radical (unpaired) electrons. The number of rotatable bonds is 6. The van der Waals surface area contributed by atoms with Crippen molar-refractivity contribution < 1.29 is 8.42 Å². The van der Waals surface area contributed by atoms with Crippen LogP contribution in [-0.2, 0) is 10.0 Å². The molecule has 1 aliphatic carbocycles. The van der Waals surface area contributed by atoms with E-state index in [4.69, 9.17) is 23.2 Å². The minimum absolute atomic E-state index is 0.290. The molecule has 1 aliphatic rings. The van der Waals surface area contributed by atoms with Crippen molar-refractivity contribution in [2.45, 2.75) is 31.1 Å². The van der Waals surface area contributed by atoms with Crippen molar-refractivity contribution in [1.29, 1.82) is 0 Å². The van der Waals surface area contributed by atoms with Gasteiger partial charge in [0.1, 0.15) is 0 Å². The van der Waals surface area contributed by atoms with E-state index in [1.54, 1.807) is 19.1 Å². The third kappa shape index (κ3) is 4.24. The quantitative estimate of drug-likeness (QED) is 0.846. The van der Waals surface area contributed by atoms with Crippen LogP contribution in [0.5, 0.6) is 0 Å². The van der Waals surface area contributed by atoms with E-state index >= 15 is 0 Å². The molecule has 4 nitrogen and oxygen atoms in total. The smallest absolute Gasteiger partial charge is 0.236 e. The fraction of sp³-hybridized carbons (Fsp3) is 0.500. The lowest BCUT2D eigenvalue weighted by molar-refractivity contribution is 0.576. The van der Waals surface area contributed by atoms with E-state index in [-0.39, 0.29) is 0 Å². The highest BCUT2D eigenvalue weighted by Gasteiger charge is 2.26. The number of hydrogen-bond acceptors (Lipinski definition) is 3. The van der Waals surface area contributed by atoms with Crippen LogP contribution in [0.4, 0.5) is 5.69 Å². The number of hydrogen-bond donors (Lipinski definition) is 2. The van der Waals surface area contributed by atoms with Crippen molar-refractivity contribution in [1.82, 2.24) is 5.32 Å². The predicted octanol–water partition coefficient (Wildman–Crippen LogP) is 2.88. The summed E-state index contributed by atoms with van der Waals surface area (Å²) in [5, 5.41) is 3.43. The van der Waals surface area contributed by atoms with Crippen LogP contribution in [0.15, 0.2) is 18.2 Å². The Morgan fingerprint density at radius 1 is 1.37 bits per heavy atom. The Labute approximate surface area is 123 Å². The van der Waals surface area contributed by atoms with E-state index < -0.39 is 15.3 Å². The van der Waals surface area contributed by atoms with Crippen molar-refractivity contribution >= 4 is 38.9 Å². The third-order valence-corrected chi connectivity index (χ3v) is 5.26. The van der Waals surface area contributed by atoms with Gasteiger partial charge >= 0.3 is 0 Å². The van der Waals surface area contributed by atoms with Gasteiger partial charge in [0, 0.05) is 17.6 Å². The number of anilines is 1. The van der Waals surface area contributed by atoms with Gasteiger partial charge in [-0.2, -0.15) is 0 Å². The van der Waals surface area contributed by atoms with Crippen LogP contribution >= 0.6 is 23.2 Å². The van der Waals surface area contributed by atoms with Gasteiger partial charge in [-0.1, -0.05) is 23.2 Å². The summed E-state index contributed by atoms with van der Waals surface area (Å²) in [4.78, 5) is 0. The molecule has 1 unspecified atom stereocenters. The summed E-state index contributed by atoms with van der Waals surface area (Å²) in [5.74, 6) is 0. The molecule has 1 saturated carbocycles. The van der Waals surface area contributed by atoms with Crippen molar-refractivity contribution in [2.24, 2.45) is 0 Å². The molecule has 0 bridgehead atoms. The molecular weight excluding hydrogens is 307 g/mol. The number of nitrogens with one attached hydrogen (secondary N) is 2. The zero-order chi connectivity index (χ0) is 14.0. The van der Waals surface area contributed by atoms with E-state index in [9.17, 15) is 8.42 Å². The van der Waals surface area contributed by atoms with Gasteiger partial charge in [0.15, 0.2) is 0 Å². The zero-order valence-electron chi connectivity index (χ0n) is 10.5. The molecule has 106 valence electrons. The normalized spacial score (nSPS) is 17.2. The van der Waals surface area contributed by atoms with Gasteiger partial charge in [-0.25, -0.2) is 8.42 Å². The van der Waals surface area contributed by atoms with Gasteiger partial charge in [0.05, 0.1) is 16.0 Å². The van der Waals surface area contributed by atoms with Crippen molar-refractivity contribution in [3.05, 3.63) is 28.2 Å². The fourth-order valence-corrected chi connectivity index (χ4v) is 3.07. The van der Waals surface area contributed by atoms with Crippen LogP contribution in [0.25, 0.3) is 0 Å². The average molecular weight is 323 g/mol. The highest BCUT2D eigenvalue weighted by atomic mass is 35.5. The second kappa shape index (κ2) is 5.87. The molecular formula is C12H16Cl2N2O2S. The van der Waals surface area contributed by atoms with Gasteiger partial charge in [-0.15, -0.1) is 0 Å². The number of sulfonamides is 1. The van der Waals surface area contributed by atoms with Crippen LogP contribution in [0, 0.1) is 0 Å². The monoisotopic (exact) mass is 322 g/mol. The molecule has 1 aromatic carbocycles. The maximum Gasteiger partial charge on any atom is 0.236 e. The molecule has 0 spiro atoms. The van der Waals surface area contributed by atoms with Gasteiger partial charge in [-0.3, -0.25) is 4.72 Å². The van der Waals surface area contributed by atoms with Gasteiger partial charge in [0.2, 0.25) is 10.0 Å². The molecule has 7 heteroatoms. The van der Waals surface area contributed by atoms with Gasteiger partial charge in [-0.05, 0) is 38.0 Å². The molecule has 1 aromatic rings. The first-order valence-electron chi connectivity index (χ1n) is 6.08. The molecule has 1 atom stereocenters. The summed E-state index contributed by atoms with van der Waals surface area (Å²) in [6, 6.07) is 5.15. The van der Waals surface area contributed by atoms with Crippen molar-refractivity contribution in [2.75, 3.05) is 11.3 Å². The van der Waals surface area contributed by atoms with E-state index in [1.807, 2.05) is 0 Å². The minimum Gasteiger partial charge on any atom is -0.313 e. The Hall–Kier alpha value is -0.490. The molecule has 0 aliphatic heterocycles. The molecule has 0 heterocycles. The summed E-state index contributed by atoms with van der Waals surface area (Å²) in [7, 11) is -3.46. The standard InChI is InChI=1S/C12H16Cl2N2O2S/c1-8(7-15-10-3-4-10)19(17,18)16-12-5-2-9(13)6-11(12)14/h2,5-6,8,10,15-16H,3-4,7H2,1H3. The SMILES string of the molecule is CC(CNC1CC1)S(=O)(=O)Nc1ccc(Cl)cc1Cl. The molecule has 1 fully saturated rings. The van der Waals surface area contributed by atoms with E-state index in [2.05, 4.69) is 10.0 Å². The van der Waals surface area contributed by atoms with Crippen LogP contribution in [0.3, 0.4) is 0 Å². The first-order chi connectivity index (χ1) is 8.88. The highest BCUT2D eigenvalue weighted by molar-refractivity contribution is 7.93. The fourth-order valence-electron chi connectivity index (χ4n) is 1.56. The second-order valence-electron chi connectivity index (χ2n) is 4.76. The first kappa shape index (κ1) is 14.9. The average Bonchev–Trinajstić information content (AvgIpc) is 3.13. The van der Waals surface area contributed by atoms with Crippen molar-refractivity contribution in [3.63, 3.8) is 0 Å². The molecule has 0 saturated heterocycles. The summed E-state index contributed by atoms with van der Waals surface area (Å²) < 4.78 is 26.8. The van der Waals surface area contributed by atoms with Crippen LogP contribution < -0.4 is 10.0 Å². The lowest BCUT2D eigenvalue weighted by Crippen LogP contribution is -2.35. The summed E-state index contributed by atoms with van der Waals surface area (Å²) in [5.41, 5.74) is 0.351. The summed E-state index contributed by atoms with van der Waals surface area (Å²) in [6.45, 7) is 2.10. The van der Waals surface area contributed by atoms with Crippen LogP contribution in [0.2, 0.25) is 10.0 Å². The lowest BCUT2D eigenvalue weighted by atomic mass is 10.3. The Bertz CT molecular complexity index is 559. The van der Waals surface area contributed by atoms with Crippen molar-refractivity contribution in [3.8, 4) is 0 Å². The second-order valence-corrected chi connectivity index (χ2v) is 7.71. The largest absolute Gasteiger partial charge is 0.313 e. The molecule has 0 aromatic heterocycles. The van der Waals surface area contributed by atoms with E-state index in [1.165, 1.54) is 6.07 Å². The van der Waals surface area contributed by atoms with E-state index in [0.29, 0.717) is 28.3 Å². The maximum atomic E-state index is 12.1.